The highest BCUT2D eigenvalue weighted by Gasteiger charge is 2.23. The minimum Gasteiger partial charge on any atom is -0.372 e. The first-order valence-electron chi connectivity index (χ1n) is 12.6. The number of fused-ring (bicyclic) bond motifs is 1. The fourth-order valence-electron chi connectivity index (χ4n) is 4.87. The maximum absolute atomic E-state index is 6.68. The molecule has 0 N–H and O–H groups in total. The van der Waals surface area contributed by atoms with Crippen molar-refractivity contribution in [1.29, 1.82) is 0 Å². The van der Waals surface area contributed by atoms with Crippen molar-refractivity contribution in [2.24, 2.45) is 0 Å². The van der Waals surface area contributed by atoms with Crippen molar-refractivity contribution in [3.05, 3.63) is 83.5 Å². The number of hydrogen-bond acceptors (Lipinski definition) is 3. The maximum Gasteiger partial charge on any atom is 0.0731 e. The Morgan fingerprint density at radius 1 is 0.971 bits per heavy atom. The summed E-state index contributed by atoms with van der Waals surface area (Å²) in [7, 11) is 0. The van der Waals surface area contributed by atoms with Crippen molar-refractivity contribution >= 4 is 28.2 Å². The molecule has 1 saturated carbocycles. The third-order valence-corrected chi connectivity index (χ3v) is 7.59. The van der Waals surface area contributed by atoms with Crippen LogP contribution in [0.2, 0.25) is 5.02 Å². The molecule has 1 aliphatic heterocycles. The van der Waals surface area contributed by atoms with E-state index in [1.807, 2.05) is 6.07 Å². The van der Waals surface area contributed by atoms with Gasteiger partial charge in [-0.15, -0.1) is 0 Å². The van der Waals surface area contributed by atoms with Crippen LogP contribution in [-0.2, 0) is 0 Å². The third kappa shape index (κ3) is 4.86. The van der Waals surface area contributed by atoms with E-state index in [-0.39, 0.29) is 0 Å². The molecule has 34 heavy (non-hydrogen) atoms. The van der Waals surface area contributed by atoms with Crippen LogP contribution in [-0.4, -0.2) is 41.0 Å². The van der Waals surface area contributed by atoms with Gasteiger partial charge in [0, 0.05) is 48.5 Å². The second kappa shape index (κ2) is 9.84. The molecule has 0 radical (unpaired) electrons. The number of aromatic nitrogens is 1. The van der Waals surface area contributed by atoms with Gasteiger partial charge in [-0.1, -0.05) is 74.5 Å². The van der Waals surface area contributed by atoms with Gasteiger partial charge in [0.2, 0.25) is 0 Å². The number of allylic oxidation sites excluding steroid dienone is 1. The first-order valence-corrected chi connectivity index (χ1v) is 13.0. The predicted molar refractivity (Wildman–Crippen MR) is 145 cm³/mol. The topological polar surface area (TPSA) is 19.4 Å². The van der Waals surface area contributed by atoms with Crippen LogP contribution in [0.15, 0.2) is 67.4 Å². The monoisotopic (exact) mass is 471 g/mol. The standard InChI is InChI=1S/C30H34ClN3/c1-4-5-6-21(2)33-15-17-34(18-16-33)22(3)26-13-14-27-28(31)20-29(32-30(27)19-26)25-11-9-24(10-12-25)23-7-8-23/h9-14,19-20,23H,2-8,15-18H2,1H3. The lowest BCUT2D eigenvalue weighted by Crippen LogP contribution is -2.44. The molecule has 0 atom stereocenters. The van der Waals surface area contributed by atoms with Gasteiger partial charge >= 0.3 is 0 Å². The molecule has 3 nitrogen and oxygen atoms in total. The Morgan fingerprint density at radius 3 is 2.35 bits per heavy atom. The number of rotatable bonds is 8. The summed E-state index contributed by atoms with van der Waals surface area (Å²) in [5.41, 5.74) is 7.81. The number of piperazine rings is 1. The highest BCUT2D eigenvalue weighted by molar-refractivity contribution is 6.35. The van der Waals surface area contributed by atoms with E-state index in [9.17, 15) is 0 Å². The van der Waals surface area contributed by atoms with Crippen molar-refractivity contribution in [2.45, 2.75) is 44.9 Å². The molecule has 1 aliphatic carbocycles. The molecule has 2 heterocycles. The first-order chi connectivity index (χ1) is 16.5. The minimum atomic E-state index is 0.739. The Labute approximate surface area is 208 Å². The highest BCUT2D eigenvalue weighted by atomic mass is 35.5. The zero-order valence-electron chi connectivity index (χ0n) is 20.2. The molecule has 0 unspecified atom stereocenters. The van der Waals surface area contributed by atoms with E-state index in [1.54, 1.807) is 0 Å². The Morgan fingerprint density at radius 2 is 1.68 bits per heavy atom. The largest absolute Gasteiger partial charge is 0.372 e. The SMILES string of the molecule is C=C(CCCC)N1CCN(C(=C)c2ccc3c(Cl)cc(-c4ccc(C5CC5)cc4)nc3c2)CC1. The average molecular weight is 472 g/mol. The van der Waals surface area contributed by atoms with Crippen LogP contribution in [0.4, 0.5) is 0 Å². The summed E-state index contributed by atoms with van der Waals surface area (Å²) in [5.74, 6) is 0.757. The molecule has 1 saturated heterocycles. The van der Waals surface area contributed by atoms with Gasteiger partial charge in [0.15, 0.2) is 0 Å². The van der Waals surface area contributed by atoms with Crippen molar-refractivity contribution in [3.63, 3.8) is 0 Å². The van der Waals surface area contributed by atoms with Gasteiger partial charge in [0.1, 0.15) is 0 Å². The van der Waals surface area contributed by atoms with Gasteiger partial charge in [0.25, 0.3) is 0 Å². The van der Waals surface area contributed by atoms with Gasteiger partial charge < -0.3 is 9.80 Å². The van der Waals surface area contributed by atoms with Crippen LogP contribution in [0.3, 0.4) is 0 Å². The molecule has 1 aromatic heterocycles. The van der Waals surface area contributed by atoms with Crippen molar-refractivity contribution < 1.29 is 0 Å². The molecule has 0 spiro atoms. The van der Waals surface area contributed by atoms with E-state index in [1.165, 1.54) is 36.9 Å². The number of unbranched alkanes of at least 4 members (excludes halogenated alkanes) is 1. The average Bonchev–Trinajstić information content (AvgIpc) is 3.72. The first kappa shape index (κ1) is 23.0. The van der Waals surface area contributed by atoms with Gasteiger partial charge in [-0.2, -0.15) is 0 Å². The maximum atomic E-state index is 6.68. The zero-order chi connectivity index (χ0) is 23.7. The van der Waals surface area contributed by atoms with Crippen LogP contribution < -0.4 is 0 Å². The van der Waals surface area contributed by atoms with Crippen molar-refractivity contribution in [1.82, 2.24) is 14.8 Å². The van der Waals surface area contributed by atoms with E-state index in [0.717, 1.165) is 77.0 Å². The molecular weight excluding hydrogens is 438 g/mol. The smallest absolute Gasteiger partial charge is 0.0731 e. The summed E-state index contributed by atoms with van der Waals surface area (Å²) in [5, 5.41) is 1.72. The van der Waals surface area contributed by atoms with Gasteiger partial charge in [-0.05, 0) is 54.9 Å². The molecule has 2 aromatic carbocycles. The van der Waals surface area contributed by atoms with Gasteiger partial charge in [-0.3, -0.25) is 0 Å². The summed E-state index contributed by atoms with van der Waals surface area (Å²) < 4.78 is 0. The second-order valence-corrected chi connectivity index (χ2v) is 10.1. The molecule has 2 aliphatic rings. The minimum absolute atomic E-state index is 0.739. The van der Waals surface area contributed by atoms with Crippen molar-refractivity contribution in [2.75, 3.05) is 26.2 Å². The molecule has 0 amide bonds. The summed E-state index contributed by atoms with van der Waals surface area (Å²) in [6, 6.07) is 17.1. The van der Waals surface area contributed by atoms with E-state index in [4.69, 9.17) is 16.6 Å². The lowest BCUT2D eigenvalue weighted by molar-refractivity contribution is 0.209. The van der Waals surface area contributed by atoms with Crippen LogP contribution in [0.25, 0.3) is 27.9 Å². The third-order valence-electron chi connectivity index (χ3n) is 7.28. The summed E-state index contributed by atoms with van der Waals surface area (Å²) in [6.45, 7) is 14.9. The van der Waals surface area contributed by atoms with E-state index < -0.39 is 0 Å². The van der Waals surface area contributed by atoms with Gasteiger partial charge in [0.05, 0.1) is 16.2 Å². The lowest BCUT2D eigenvalue weighted by Gasteiger charge is -2.39. The molecular formula is C30H34ClN3. The molecule has 4 heteroatoms. The molecule has 2 fully saturated rings. The number of halogens is 1. The molecule has 0 bridgehead atoms. The van der Waals surface area contributed by atoms with Crippen LogP contribution in [0.1, 0.15) is 56.1 Å². The number of nitrogens with zero attached hydrogens (tertiary/aromatic N) is 3. The summed E-state index contributed by atoms with van der Waals surface area (Å²) in [4.78, 5) is 9.80. The van der Waals surface area contributed by atoms with Crippen LogP contribution >= 0.6 is 11.6 Å². The number of hydrogen-bond donors (Lipinski definition) is 0. The normalized spacial score (nSPS) is 16.2. The molecule has 3 aromatic rings. The van der Waals surface area contributed by atoms with E-state index in [2.05, 4.69) is 72.3 Å². The lowest BCUT2D eigenvalue weighted by atomic mass is 10.0. The quantitative estimate of drug-likeness (QED) is 0.335. The fourth-order valence-corrected chi connectivity index (χ4v) is 5.13. The van der Waals surface area contributed by atoms with Crippen molar-refractivity contribution in [3.8, 4) is 11.3 Å². The Kier molecular flexibility index (Phi) is 6.65. The molecule has 176 valence electrons. The van der Waals surface area contributed by atoms with Crippen LogP contribution in [0.5, 0.6) is 0 Å². The Bertz CT molecular complexity index is 1200. The zero-order valence-corrected chi connectivity index (χ0v) is 20.9. The van der Waals surface area contributed by atoms with E-state index in [0.29, 0.717) is 0 Å². The Hall–Kier alpha value is -2.78. The van der Waals surface area contributed by atoms with Crippen LogP contribution in [0, 0.1) is 0 Å². The summed E-state index contributed by atoms with van der Waals surface area (Å²) in [6.07, 6.45) is 6.15. The summed E-state index contributed by atoms with van der Waals surface area (Å²) >= 11 is 6.68. The number of pyridine rings is 1. The van der Waals surface area contributed by atoms with E-state index >= 15 is 0 Å². The predicted octanol–water partition coefficient (Wildman–Crippen LogP) is 7.72. The Balaban J connectivity index is 1.33. The highest BCUT2D eigenvalue weighted by Crippen LogP contribution is 2.40. The molecule has 5 rings (SSSR count). The second-order valence-electron chi connectivity index (χ2n) is 9.71. The van der Waals surface area contributed by atoms with Gasteiger partial charge in [-0.25, -0.2) is 4.98 Å². The fraction of sp³-hybridized carbons (Fsp3) is 0.367. The number of benzene rings is 2.